The van der Waals surface area contributed by atoms with Crippen LogP contribution in [0, 0.1) is 6.92 Å². The molecule has 0 radical (unpaired) electrons. The summed E-state index contributed by atoms with van der Waals surface area (Å²) in [6.45, 7) is 5.62. The average molecular weight is 191 g/mol. The Hall–Kier alpha value is -1.28. The minimum absolute atomic E-state index is 0.469. The maximum absolute atomic E-state index is 9.51. The normalized spacial score (nSPS) is 12.2. The van der Waals surface area contributed by atoms with Crippen LogP contribution in [0.3, 0.4) is 0 Å². The van der Waals surface area contributed by atoms with Crippen molar-refractivity contribution in [3.8, 4) is 0 Å². The Labute approximate surface area is 85.3 Å². The molecule has 1 atom stereocenters. The van der Waals surface area contributed by atoms with Gasteiger partial charge in [-0.15, -0.1) is 6.58 Å². The quantitative estimate of drug-likeness (QED) is 0.714. The molecule has 0 saturated carbocycles. The van der Waals surface area contributed by atoms with Gasteiger partial charge >= 0.3 is 0 Å². The number of benzene rings is 1. The van der Waals surface area contributed by atoms with Crippen molar-refractivity contribution in [3.05, 3.63) is 42.0 Å². The Bertz CT molecular complexity index is 320. The van der Waals surface area contributed by atoms with Crippen molar-refractivity contribution in [2.45, 2.75) is 19.4 Å². The fourth-order valence-corrected chi connectivity index (χ4v) is 1.50. The Morgan fingerprint density at radius 2 is 2.29 bits per heavy atom. The van der Waals surface area contributed by atoms with E-state index in [1.807, 2.05) is 32.2 Å². The standard InChI is InChI=1S/C12H17NO/c1-4-10(14)8-11-9(2)6-5-7-12(11)13-3/h4-7,10,13-14H,1,8H2,2-3H3. The van der Waals surface area contributed by atoms with Gasteiger partial charge in [0.2, 0.25) is 0 Å². The second-order valence-electron chi connectivity index (χ2n) is 3.36. The molecule has 0 spiro atoms. The number of rotatable bonds is 4. The zero-order valence-electron chi connectivity index (χ0n) is 8.75. The molecule has 2 N–H and O–H groups in total. The second kappa shape index (κ2) is 4.82. The predicted octanol–water partition coefficient (Wildman–Crippen LogP) is 2.13. The summed E-state index contributed by atoms with van der Waals surface area (Å²) in [5, 5.41) is 12.6. The van der Waals surface area contributed by atoms with E-state index in [2.05, 4.69) is 11.9 Å². The molecule has 0 bridgehead atoms. The van der Waals surface area contributed by atoms with Gasteiger partial charge in [-0.05, 0) is 24.1 Å². The van der Waals surface area contributed by atoms with Crippen LogP contribution in [0.4, 0.5) is 5.69 Å². The number of nitrogens with one attached hydrogen (secondary N) is 1. The third kappa shape index (κ3) is 2.36. The molecule has 0 amide bonds. The zero-order valence-corrected chi connectivity index (χ0v) is 8.75. The first-order chi connectivity index (χ1) is 6.69. The molecular formula is C12H17NO. The Balaban J connectivity index is 2.98. The van der Waals surface area contributed by atoms with E-state index in [0.717, 1.165) is 11.3 Å². The van der Waals surface area contributed by atoms with E-state index >= 15 is 0 Å². The van der Waals surface area contributed by atoms with Gasteiger partial charge in [0.05, 0.1) is 6.10 Å². The summed E-state index contributed by atoms with van der Waals surface area (Å²) >= 11 is 0. The average Bonchev–Trinajstić information content (AvgIpc) is 2.20. The molecule has 1 aromatic carbocycles. The molecule has 14 heavy (non-hydrogen) atoms. The number of aliphatic hydroxyl groups is 1. The minimum Gasteiger partial charge on any atom is -0.389 e. The molecule has 0 aliphatic rings. The van der Waals surface area contributed by atoms with E-state index in [1.54, 1.807) is 6.08 Å². The number of hydrogen-bond acceptors (Lipinski definition) is 2. The molecule has 1 unspecified atom stereocenters. The molecule has 1 aromatic rings. The highest BCUT2D eigenvalue weighted by Gasteiger charge is 2.07. The minimum atomic E-state index is -0.469. The van der Waals surface area contributed by atoms with Crippen molar-refractivity contribution in [3.63, 3.8) is 0 Å². The van der Waals surface area contributed by atoms with Crippen molar-refractivity contribution in [1.29, 1.82) is 0 Å². The fourth-order valence-electron chi connectivity index (χ4n) is 1.50. The zero-order chi connectivity index (χ0) is 10.6. The molecule has 0 saturated heterocycles. The molecule has 0 aliphatic heterocycles. The molecule has 0 aromatic heterocycles. The Morgan fingerprint density at radius 3 is 2.86 bits per heavy atom. The van der Waals surface area contributed by atoms with Gasteiger partial charge in [0.15, 0.2) is 0 Å². The van der Waals surface area contributed by atoms with Crippen LogP contribution in [0.1, 0.15) is 11.1 Å². The van der Waals surface area contributed by atoms with Gasteiger partial charge in [-0.1, -0.05) is 18.2 Å². The van der Waals surface area contributed by atoms with Crippen molar-refractivity contribution in [2.24, 2.45) is 0 Å². The van der Waals surface area contributed by atoms with Crippen LogP contribution >= 0.6 is 0 Å². The highest BCUT2D eigenvalue weighted by atomic mass is 16.3. The van der Waals surface area contributed by atoms with E-state index in [-0.39, 0.29) is 0 Å². The van der Waals surface area contributed by atoms with Gasteiger partial charge < -0.3 is 10.4 Å². The summed E-state index contributed by atoms with van der Waals surface area (Å²) < 4.78 is 0. The van der Waals surface area contributed by atoms with Crippen LogP contribution in [-0.2, 0) is 6.42 Å². The number of aryl methyl sites for hydroxylation is 1. The van der Waals surface area contributed by atoms with Crippen LogP contribution in [0.2, 0.25) is 0 Å². The molecule has 0 aliphatic carbocycles. The van der Waals surface area contributed by atoms with Crippen molar-refractivity contribution in [2.75, 3.05) is 12.4 Å². The van der Waals surface area contributed by atoms with Crippen molar-refractivity contribution >= 4 is 5.69 Å². The van der Waals surface area contributed by atoms with E-state index in [4.69, 9.17) is 0 Å². The molecule has 1 rings (SSSR count). The van der Waals surface area contributed by atoms with Crippen molar-refractivity contribution < 1.29 is 5.11 Å². The molecule has 76 valence electrons. The summed E-state index contributed by atoms with van der Waals surface area (Å²) in [7, 11) is 1.89. The molecule has 2 heteroatoms. The summed E-state index contributed by atoms with van der Waals surface area (Å²) in [6.07, 6.45) is 1.71. The van der Waals surface area contributed by atoms with Gasteiger partial charge in [-0.2, -0.15) is 0 Å². The summed E-state index contributed by atoms with van der Waals surface area (Å²) in [4.78, 5) is 0. The molecular weight excluding hydrogens is 174 g/mol. The van der Waals surface area contributed by atoms with Crippen LogP contribution < -0.4 is 5.32 Å². The van der Waals surface area contributed by atoms with Crippen LogP contribution in [0.15, 0.2) is 30.9 Å². The summed E-state index contributed by atoms with van der Waals surface area (Å²) in [5.74, 6) is 0. The van der Waals surface area contributed by atoms with E-state index in [9.17, 15) is 5.11 Å². The van der Waals surface area contributed by atoms with Gasteiger partial charge in [0, 0.05) is 19.2 Å². The van der Waals surface area contributed by atoms with Crippen LogP contribution in [-0.4, -0.2) is 18.3 Å². The fraction of sp³-hybridized carbons (Fsp3) is 0.333. The lowest BCUT2D eigenvalue weighted by molar-refractivity contribution is 0.224. The third-order valence-electron chi connectivity index (χ3n) is 2.36. The topological polar surface area (TPSA) is 32.3 Å². The monoisotopic (exact) mass is 191 g/mol. The first kappa shape index (κ1) is 10.8. The van der Waals surface area contributed by atoms with Crippen LogP contribution in [0.5, 0.6) is 0 Å². The van der Waals surface area contributed by atoms with Gasteiger partial charge in [0.25, 0.3) is 0 Å². The summed E-state index contributed by atoms with van der Waals surface area (Å²) in [5.41, 5.74) is 3.42. The Morgan fingerprint density at radius 1 is 1.57 bits per heavy atom. The maximum atomic E-state index is 9.51. The maximum Gasteiger partial charge on any atom is 0.0759 e. The highest BCUT2D eigenvalue weighted by Crippen LogP contribution is 2.20. The predicted molar refractivity (Wildman–Crippen MR) is 60.6 cm³/mol. The SMILES string of the molecule is C=CC(O)Cc1c(C)cccc1NC. The molecule has 0 heterocycles. The number of aliphatic hydroxyl groups excluding tert-OH is 1. The van der Waals surface area contributed by atoms with Gasteiger partial charge in [-0.25, -0.2) is 0 Å². The first-order valence-electron chi connectivity index (χ1n) is 4.76. The van der Waals surface area contributed by atoms with E-state index < -0.39 is 6.10 Å². The smallest absolute Gasteiger partial charge is 0.0759 e. The second-order valence-corrected chi connectivity index (χ2v) is 3.36. The van der Waals surface area contributed by atoms with Gasteiger partial charge in [0.1, 0.15) is 0 Å². The number of hydrogen-bond donors (Lipinski definition) is 2. The van der Waals surface area contributed by atoms with E-state index in [1.165, 1.54) is 5.56 Å². The van der Waals surface area contributed by atoms with Crippen molar-refractivity contribution in [1.82, 2.24) is 0 Å². The highest BCUT2D eigenvalue weighted by molar-refractivity contribution is 5.54. The lowest BCUT2D eigenvalue weighted by Gasteiger charge is -2.13. The summed E-state index contributed by atoms with van der Waals surface area (Å²) in [6, 6.07) is 6.06. The third-order valence-corrected chi connectivity index (χ3v) is 2.36. The van der Waals surface area contributed by atoms with Gasteiger partial charge in [-0.3, -0.25) is 0 Å². The van der Waals surface area contributed by atoms with E-state index in [0.29, 0.717) is 6.42 Å². The molecule has 2 nitrogen and oxygen atoms in total. The lowest BCUT2D eigenvalue weighted by Crippen LogP contribution is -2.09. The largest absolute Gasteiger partial charge is 0.389 e. The molecule has 0 fully saturated rings. The van der Waals surface area contributed by atoms with Crippen LogP contribution in [0.25, 0.3) is 0 Å². The first-order valence-corrected chi connectivity index (χ1v) is 4.76. The lowest BCUT2D eigenvalue weighted by atomic mass is 10.0. The Kier molecular flexibility index (Phi) is 3.72. The number of anilines is 1.